The van der Waals surface area contributed by atoms with Gasteiger partial charge in [-0.15, -0.1) is 0 Å². The van der Waals surface area contributed by atoms with Crippen LogP contribution in [0, 0.1) is 0 Å². The smallest absolute Gasteiger partial charge is 0.358 e. The highest BCUT2D eigenvalue weighted by Gasteiger charge is 2.10. The Kier molecular flexibility index (Phi) is 4.87. The van der Waals surface area contributed by atoms with Gasteiger partial charge in [-0.2, -0.15) is 5.10 Å². The zero-order valence-corrected chi connectivity index (χ0v) is 9.38. The summed E-state index contributed by atoms with van der Waals surface area (Å²) in [6, 6.07) is 1.77. The molecule has 0 fully saturated rings. The van der Waals surface area contributed by atoms with E-state index in [4.69, 9.17) is 4.74 Å². The Hall–Kier alpha value is -1.32. The first-order valence-electron chi connectivity index (χ1n) is 5.49. The Bertz CT molecular complexity index is 307. The highest BCUT2D eigenvalue weighted by molar-refractivity contribution is 5.87. The Morgan fingerprint density at radius 2 is 2.27 bits per heavy atom. The molecule has 0 aliphatic carbocycles. The molecule has 0 atom stereocenters. The Morgan fingerprint density at radius 3 is 2.93 bits per heavy atom. The third-order valence-electron chi connectivity index (χ3n) is 2.17. The molecule has 15 heavy (non-hydrogen) atoms. The number of carbonyl (C=O) groups excluding carboxylic acids is 1. The van der Waals surface area contributed by atoms with Crippen LogP contribution < -0.4 is 0 Å². The Balaban J connectivity index is 2.45. The van der Waals surface area contributed by atoms with Gasteiger partial charge in [-0.05, 0) is 25.8 Å². The van der Waals surface area contributed by atoms with Crippen molar-refractivity contribution in [2.45, 2.75) is 39.5 Å². The van der Waals surface area contributed by atoms with Gasteiger partial charge in [-0.1, -0.05) is 19.8 Å². The number of rotatable bonds is 6. The number of esters is 1. The molecule has 84 valence electrons. The summed E-state index contributed by atoms with van der Waals surface area (Å²) in [7, 11) is 0. The molecule has 0 saturated heterocycles. The zero-order chi connectivity index (χ0) is 11.1. The van der Waals surface area contributed by atoms with Crippen LogP contribution in [0.4, 0.5) is 0 Å². The van der Waals surface area contributed by atoms with Gasteiger partial charge in [-0.3, -0.25) is 5.10 Å². The summed E-state index contributed by atoms with van der Waals surface area (Å²) in [4.78, 5) is 11.3. The molecule has 0 radical (unpaired) electrons. The molecule has 0 aliphatic rings. The second kappa shape index (κ2) is 6.22. The molecule has 0 saturated carbocycles. The standard InChI is InChI=1S/C11H18N2O2/c1-3-5-6-7-9-8-10(13-12-9)11(14)15-4-2/h8H,3-7H2,1-2H3,(H,12,13). The highest BCUT2D eigenvalue weighted by Crippen LogP contribution is 2.06. The normalized spacial score (nSPS) is 10.3. The third kappa shape index (κ3) is 3.73. The van der Waals surface area contributed by atoms with Crippen molar-refractivity contribution in [1.29, 1.82) is 0 Å². The van der Waals surface area contributed by atoms with Crippen molar-refractivity contribution >= 4 is 5.97 Å². The molecular formula is C11H18N2O2. The molecule has 0 bridgehead atoms. The van der Waals surface area contributed by atoms with Gasteiger partial charge in [0.1, 0.15) is 0 Å². The largest absolute Gasteiger partial charge is 0.461 e. The van der Waals surface area contributed by atoms with Gasteiger partial charge in [0.05, 0.1) is 6.61 Å². The van der Waals surface area contributed by atoms with Crippen molar-refractivity contribution < 1.29 is 9.53 Å². The number of carbonyl (C=O) groups is 1. The Morgan fingerprint density at radius 1 is 1.47 bits per heavy atom. The number of aryl methyl sites for hydroxylation is 1. The Labute approximate surface area is 90.0 Å². The van der Waals surface area contributed by atoms with Crippen LogP contribution in [0.2, 0.25) is 0 Å². The second-order valence-corrected chi connectivity index (χ2v) is 3.46. The van der Waals surface area contributed by atoms with Crippen molar-refractivity contribution in [3.63, 3.8) is 0 Å². The summed E-state index contributed by atoms with van der Waals surface area (Å²) in [5, 5.41) is 6.77. The van der Waals surface area contributed by atoms with Gasteiger partial charge in [0.2, 0.25) is 0 Å². The summed E-state index contributed by atoms with van der Waals surface area (Å²) in [5.41, 5.74) is 1.38. The first kappa shape index (κ1) is 11.8. The van der Waals surface area contributed by atoms with Crippen LogP contribution in [-0.4, -0.2) is 22.8 Å². The van der Waals surface area contributed by atoms with Gasteiger partial charge >= 0.3 is 5.97 Å². The van der Waals surface area contributed by atoms with E-state index in [9.17, 15) is 4.79 Å². The number of ether oxygens (including phenoxy) is 1. The van der Waals surface area contributed by atoms with Crippen molar-refractivity contribution in [1.82, 2.24) is 10.2 Å². The number of aromatic nitrogens is 2. The van der Waals surface area contributed by atoms with Gasteiger partial charge in [0, 0.05) is 5.69 Å². The number of hydrogen-bond acceptors (Lipinski definition) is 3. The maximum Gasteiger partial charge on any atom is 0.358 e. The number of nitrogens with one attached hydrogen (secondary N) is 1. The van der Waals surface area contributed by atoms with Crippen molar-refractivity contribution in [2.24, 2.45) is 0 Å². The molecular weight excluding hydrogens is 192 g/mol. The molecule has 1 rings (SSSR count). The molecule has 1 aromatic rings. The molecule has 0 aliphatic heterocycles. The number of unbranched alkanes of at least 4 members (excludes halogenated alkanes) is 2. The fourth-order valence-corrected chi connectivity index (χ4v) is 1.36. The molecule has 0 unspecified atom stereocenters. The first-order chi connectivity index (χ1) is 7.27. The average molecular weight is 210 g/mol. The van der Waals surface area contributed by atoms with E-state index in [1.807, 2.05) is 0 Å². The minimum Gasteiger partial charge on any atom is -0.461 e. The van der Waals surface area contributed by atoms with Crippen molar-refractivity contribution in [3.05, 3.63) is 17.5 Å². The van der Waals surface area contributed by atoms with Crippen LogP contribution in [0.25, 0.3) is 0 Å². The molecule has 0 spiro atoms. The lowest BCUT2D eigenvalue weighted by Gasteiger charge is -1.95. The van der Waals surface area contributed by atoms with Gasteiger partial charge in [0.15, 0.2) is 5.69 Å². The number of hydrogen-bond donors (Lipinski definition) is 1. The topological polar surface area (TPSA) is 55.0 Å². The minimum absolute atomic E-state index is 0.351. The van der Waals surface area contributed by atoms with Crippen LogP contribution in [0.3, 0.4) is 0 Å². The third-order valence-corrected chi connectivity index (χ3v) is 2.17. The van der Waals surface area contributed by atoms with Crippen LogP contribution in [0.15, 0.2) is 6.07 Å². The lowest BCUT2D eigenvalue weighted by molar-refractivity contribution is 0.0519. The molecule has 0 aromatic carbocycles. The lowest BCUT2D eigenvalue weighted by atomic mass is 10.1. The van der Waals surface area contributed by atoms with E-state index in [0.717, 1.165) is 18.5 Å². The van der Waals surface area contributed by atoms with Gasteiger partial charge in [-0.25, -0.2) is 4.79 Å². The maximum atomic E-state index is 11.3. The minimum atomic E-state index is -0.351. The second-order valence-electron chi connectivity index (χ2n) is 3.46. The van der Waals surface area contributed by atoms with Crippen LogP contribution in [-0.2, 0) is 11.2 Å². The molecule has 0 amide bonds. The van der Waals surface area contributed by atoms with Crippen LogP contribution in [0.5, 0.6) is 0 Å². The quantitative estimate of drug-likeness (QED) is 0.579. The summed E-state index contributed by atoms with van der Waals surface area (Å²) >= 11 is 0. The van der Waals surface area contributed by atoms with E-state index < -0.39 is 0 Å². The first-order valence-corrected chi connectivity index (χ1v) is 5.49. The van der Waals surface area contributed by atoms with E-state index >= 15 is 0 Å². The zero-order valence-electron chi connectivity index (χ0n) is 9.38. The highest BCUT2D eigenvalue weighted by atomic mass is 16.5. The summed E-state index contributed by atoms with van der Waals surface area (Å²) in [6.07, 6.45) is 4.47. The van der Waals surface area contributed by atoms with E-state index in [2.05, 4.69) is 17.1 Å². The SMILES string of the molecule is CCCCCc1cc(C(=O)OCC)n[nH]1. The molecule has 4 heteroatoms. The fourth-order valence-electron chi connectivity index (χ4n) is 1.36. The van der Waals surface area contributed by atoms with E-state index in [-0.39, 0.29) is 5.97 Å². The van der Waals surface area contributed by atoms with E-state index in [1.165, 1.54) is 12.8 Å². The van der Waals surface area contributed by atoms with Gasteiger partial charge < -0.3 is 4.74 Å². The number of nitrogens with zero attached hydrogens (tertiary/aromatic N) is 1. The number of H-pyrrole nitrogens is 1. The van der Waals surface area contributed by atoms with E-state index in [0.29, 0.717) is 12.3 Å². The van der Waals surface area contributed by atoms with Crippen molar-refractivity contribution in [2.75, 3.05) is 6.61 Å². The summed E-state index contributed by atoms with van der Waals surface area (Å²) in [6.45, 7) is 4.33. The lowest BCUT2D eigenvalue weighted by Crippen LogP contribution is -2.04. The van der Waals surface area contributed by atoms with Crippen LogP contribution >= 0.6 is 0 Å². The van der Waals surface area contributed by atoms with Crippen LogP contribution in [0.1, 0.15) is 49.3 Å². The van der Waals surface area contributed by atoms with Crippen molar-refractivity contribution in [3.8, 4) is 0 Å². The predicted octanol–water partition coefficient (Wildman–Crippen LogP) is 2.32. The summed E-state index contributed by atoms with van der Waals surface area (Å²) in [5.74, 6) is -0.351. The molecule has 4 nitrogen and oxygen atoms in total. The van der Waals surface area contributed by atoms with Gasteiger partial charge in [0.25, 0.3) is 0 Å². The monoisotopic (exact) mass is 210 g/mol. The number of aromatic amines is 1. The maximum absolute atomic E-state index is 11.3. The fraction of sp³-hybridized carbons (Fsp3) is 0.636. The van der Waals surface area contributed by atoms with E-state index in [1.54, 1.807) is 13.0 Å². The molecule has 1 aromatic heterocycles. The molecule has 1 heterocycles. The predicted molar refractivity (Wildman–Crippen MR) is 57.8 cm³/mol. The molecule has 1 N–H and O–H groups in total. The summed E-state index contributed by atoms with van der Waals surface area (Å²) < 4.78 is 4.85. The average Bonchev–Trinajstić information content (AvgIpc) is 2.67.